The first kappa shape index (κ1) is 13.2. The van der Waals surface area contributed by atoms with Crippen molar-refractivity contribution < 1.29 is 17.6 Å². The van der Waals surface area contributed by atoms with Gasteiger partial charge in [0.15, 0.2) is 11.6 Å². The number of thiol groups is 2. The molecule has 0 amide bonds. The van der Waals surface area contributed by atoms with Crippen LogP contribution in [-0.2, 0) is 0 Å². The molecule has 8 heteroatoms. The Morgan fingerprint density at radius 1 is 0.611 bits per heavy atom. The van der Waals surface area contributed by atoms with E-state index >= 15 is 0 Å². The van der Waals surface area contributed by atoms with Crippen molar-refractivity contribution in [2.75, 3.05) is 11.5 Å². The molecule has 0 aliphatic heterocycles. The number of hydrogen-bond donors (Lipinski definition) is 4. The van der Waals surface area contributed by atoms with Crippen molar-refractivity contribution in [2.45, 2.75) is 9.79 Å². The van der Waals surface area contributed by atoms with E-state index in [1.807, 2.05) is 0 Å². The Hall–Kier alpha value is -1.28. The standard InChI is InChI=1S/C10H6F4N2S2/c11-3-1-2(6(14)10(18)7(3)15)4(12)8(16)9(17)5(1)13/h17-18H,15-16H2. The summed E-state index contributed by atoms with van der Waals surface area (Å²) in [6.07, 6.45) is 0. The van der Waals surface area contributed by atoms with Crippen molar-refractivity contribution in [3.63, 3.8) is 0 Å². The molecule has 0 unspecified atom stereocenters. The molecule has 96 valence electrons. The molecule has 0 spiro atoms. The smallest absolute Gasteiger partial charge is 0.158 e. The molecule has 0 fully saturated rings. The number of halogens is 4. The Morgan fingerprint density at radius 2 is 0.889 bits per heavy atom. The van der Waals surface area contributed by atoms with Crippen LogP contribution in [-0.4, -0.2) is 0 Å². The predicted molar refractivity (Wildman–Crippen MR) is 67.1 cm³/mol. The third kappa shape index (κ3) is 1.52. The highest BCUT2D eigenvalue weighted by atomic mass is 32.1. The van der Waals surface area contributed by atoms with Crippen molar-refractivity contribution in [1.82, 2.24) is 0 Å². The van der Waals surface area contributed by atoms with Crippen LogP contribution in [0.25, 0.3) is 10.8 Å². The monoisotopic (exact) mass is 294 g/mol. The van der Waals surface area contributed by atoms with Gasteiger partial charge in [0.1, 0.15) is 11.6 Å². The molecule has 0 atom stereocenters. The SMILES string of the molecule is Nc1c(S)c(F)c2c(F)c(N)c(S)c(F)c2c1F. The molecule has 0 bridgehead atoms. The molecule has 0 heterocycles. The van der Waals surface area contributed by atoms with Gasteiger partial charge in [-0.2, -0.15) is 0 Å². The van der Waals surface area contributed by atoms with Gasteiger partial charge in [-0.25, -0.2) is 17.6 Å². The van der Waals surface area contributed by atoms with E-state index in [-0.39, 0.29) is 0 Å². The average Bonchev–Trinajstić information content (AvgIpc) is 2.35. The molecule has 0 saturated heterocycles. The van der Waals surface area contributed by atoms with Crippen LogP contribution >= 0.6 is 25.3 Å². The van der Waals surface area contributed by atoms with Gasteiger partial charge in [-0.3, -0.25) is 0 Å². The zero-order valence-electron chi connectivity index (χ0n) is 8.56. The Balaban J connectivity index is 3.22. The maximum atomic E-state index is 13.8. The average molecular weight is 294 g/mol. The van der Waals surface area contributed by atoms with E-state index in [9.17, 15) is 17.6 Å². The van der Waals surface area contributed by atoms with Gasteiger partial charge in [-0.05, 0) is 0 Å². The number of fused-ring (bicyclic) bond motifs is 1. The Kier molecular flexibility index (Phi) is 3.02. The lowest BCUT2D eigenvalue weighted by molar-refractivity contribution is 0.561. The quantitative estimate of drug-likeness (QED) is 0.343. The fourth-order valence-corrected chi connectivity index (χ4v) is 2.00. The van der Waals surface area contributed by atoms with Crippen molar-refractivity contribution in [3.05, 3.63) is 23.3 Å². The van der Waals surface area contributed by atoms with E-state index in [1.54, 1.807) is 0 Å². The van der Waals surface area contributed by atoms with Crippen LogP contribution in [0.15, 0.2) is 9.79 Å². The lowest BCUT2D eigenvalue weighted by Gasteiger charge is -2.13. The van der Waals surface area contributed by atoms with E-state index in [0.29, 0.717) is 0 Å². The molecule has 4 N–H and O–H groups in total. The topological polar surface area (TPSA) is 52.0 Å². The van der Waals surface area contributed by atoms with Crippen molar-refractivity contribution in [2.24, 2.45) is 0 Å². The molecule has 0 saturated carbocycles. The molecular formula is C10H6F4N2S2. The number of rotatable bonds is 0. The summed E-state index contributed by atoms with van der Waals surface area (Å²) >= 11 is 7.22. The second-order valence-corrected chi connectivity index (χ2v) is 4.42. The zero-order chi connectivity index (χ0) is 13.8. The maximum Gasteiger partial charge on any atom is 0.158 e. The van der Waals surface area contributed by atoms with E-state index < -0.39 is 55.2 Å². The van der Waals surface area contributed by atoms with E-state index in [4.69, 9.17) is 11.5 Å². The lowest BCUT2D eigenvalue weighted by Crippen LogP contribution is -2.05. The van der Waals surface area contributed by atoms with Gasteiger partial charge in [0.25, 0.3) is 0 Å². The largest absolute Gasteiger partial charge is 0.395 e. The first-order valence-electron chi connectivity index (χ1n) is 4.53. The van der Waals surface area contributed by atoms with Gasteiger partial charge in [-0.1, -0.05) is 0 Å². The predicted octanol–water partition coefficient (Wildman–Crippen LogP) is 3.14. The van der Waals surface area contributed by atoms with Crippen LogP contribution in [0.3, 0.4) is 0 Å². The highest BCUT2D eigenvalue weighted by molar-refractivity contribution is 7.80. The van der Waals surface area contributed by atoms with Gasteiger partial charge in [0.2, 0.25) is 0 Å². The van der Waals surface area contributed by atoms with Crippen LogP contribution < -0.4 is 11.5 Å². The minimum absolute atomic E-state index is 0.607. The maximum absolute atomic E-state index is 13.8. The summed E-state index contributed by atoms with van der Waals surface area (Å²) in [5.41, 5.74) is 9.02. The van der Waals surface area contributed by atoms with Crippen LogP contribution in [0.2, 0.25) is 0 Å². The number of anilines is 2. The fraction of sp³-hybridized carbons (Fsp3) is 0. The lowest BCUT2D eigenvalue weighted by atomic mass is 10.1. The van der Waals surface area contributed by atoms with Crippen LogP contribution in [0.5, 0.6) is 0 Å². The molecular weight excluding hydrogens is 288 g/mol. The summed E-state index contributed by atoms with van der Waals surface area (Å²) < 4.78 is 55.1. The second kappa shape index (κ2) is 4.13. The normalized spacial score (nSPS) is 11.2. The van der Waals surface area contributed by atoms with Gasteiger partial charge < -0.3 is 11.5 Å². The van der Waals surface area contributed by atoms with Gasteiger partial charge in [-0.15, -0.1) is 25.3 Å². The number of hydrogen-bond acceptors (Lipinski definition) is 4. The molecule has 0 radical (unpaired) electrons. The number of nitrogens with two attached hydrogens (primary N) is 2. The molecule has 2 aromatic rings. The number of benzene rings is 2. The summed E-state index contributed by atoms with van der Waals surface area (Å²) in [5.74, 6) is -5.15. The minimum Gasteiger partial charge on any atom is -0.395 e. The molecule has 0 aromatic heterocycles. The molecule has 18 heavy (non-hydrogen) atoms. The highest BCUT2D eigenvalue weighted by Gasteiger charge is 2.25. The van der Waals surface area contributed by atoms with Crippen molar-refractivity contribution in [3.8, 4) is 0 Å². The third-order valence-corrected chi connectivity index (χ3v) is 3.40. The Morgan fingerprint density at radius 3 is 1.17 bits per heavy atom. The minimum atomic E-state index is -1.30. The fourth-order valence-electron chi connectivity index (χ4n) is 1.58. The van der Waals surface area contributed by atoms with Crippen LogP contribution in [0.4, 0.5) is 28.9 Å². The van der Waals surface area contributed by atoms with Crippen LogP contribution in [0, 0.1) is 23.3 Å². The summed E-state index contributed by atoms with van der Waals surface area (Å²) in [5, 5.41) is -1.86. The van der Waals surface area contributed by atoms with Crippen LogP contribution in [0.1, 0.15) is 0 Å². The van der Waals surface area contributed by atoms with Crippen molar-refractivity contribution in [1.29, 1.82) is 0 Å². The van der Waals surface area contributed by atoms with Crippen molar-refractivity contribution >= 4 is 47.4 Å². The van der Waals surface area contributed by atoms with E-state index in [0.717, 1.165) is 0 Å². The molecule has 2 aromatic carbocycles. The summed E-state index contributed by atoms with van der Waals surface area (Å²) in [7, 11) is 0. The van der Waals surface area contributed by atoms with Gasteiger partial charge in [0.05, 0.1) is 31.9 Å². The summed E-state index contributed by atoms with van der Waals surface area (Å²) in [6, 6.07) is 0. The highest BCUT2D eigenvalue weighted by Crippen LogP contribution is 2.40. The molecule has 2 rings (SSSR count). The molecule has 0 aliphatic rings. The van der Waals surface area contributed by atoms with Gasteiger partial charge in [0, 0.05) is 0 Å². The Bertz CT molecular complexity index is 575. The molecule has 0 aliphatic carbocycles. The second-order valence-electron chi connectivity index (χ2n) is 3.53. The number of nitrogen functional groups attached to an aromatic ring is 2. The van der Waals surface area contributed by atoms with Gasteiger partial charge >= 0.3 is 0 Å². The van der Waals surface area contributed by atoms with E-state index in [1.165, 1.54) is 0 Å². The molecule has 2 nitrogen and oxygen atoms in total. The zero-order valence-corrected chi connectivity index (χ0v) is 10.3. The first-order chi connectivity index (χ1) is 8.29. The van der Waals surface area contributed by atoms with E-state index in [2.05, 4.69) is 25.3 Å². The Labute approximate surface area is 110 Å². The third-order valence-electron chi connectivity index (χ3n) is 2.53. The first-order valence-corrected chi connectivity index (χ1v) is 5.42. The summed E-state index contributed by atoms with van der Waals surface area (Å²) in [6.45, 7) is 0. The summed E-state index contributed by atoms with van der Waals surface area (Å²) in [4.78, 5) is -1.21.